The number of carbonyl (C=O) groups is 3. The molecule has 2 aromatic carbocycles. The Balaban J connectivity index is 1.41. The van der Waals surface area contributed by atoms with E-state index in [0.29, 0.717) is 13.0 Å². The van der Waals surface area contributed by atoms with Gasteiger partial charge < -0.3 is 24.8 Å². The molecule has 2 amide bonds. The second-order valence-corrected chi connectivity index (χ2v) is 7.65. The summed E-state index contributed by atoms with van der Waals surface area (Å²) in [6, 6.07) is 14.1. The molecule has 1 heterocycles. The van der Waals surface area contributed by atoms with Crippen LogP contribution in [0, 0.1) is 0 Å². The van der Waals surface area contributed by atoms with Gasteiger partial charge in [-0.1, -0.05) is 48.5 Å². The Morgan fingerprint density at radius 3 is 2.23 bits per heavy atom. The van der Waals surface area contributed by atoms with Crippen molar-refractivity contribution < 1.29 is 29.0 Å². The molecule has 2 unspecified atom stereocenters. The van der Waals surface area contributed by atoms with Gasteiger partial charge in [0.05, 0.1) is 6.61 Å². The molecule has 1 saturated heterocycles. The normalized spacial score (nSPS) is 17.8. The molecule has 8 nitrogen and oxygen atoms in total. The smallest absolute Gasteiger partial charge is 0.407 e. The van der Waals surface area contributed by atoms with Crippen molar-refractivity contribution in [3.8, 4) is 11.1 Å². The average Bonchev–Trinajstić information content (AvgIpc) is 3.04. The number of rotatable bonds is 7. The van der Waals surface area contributed by atoms with Crippen molar-refractivity contribution in [2.75, 3.05) is 26.9 Å². The van der Waals surface area contributed by atoms with Gasteiger partial charge in [-0.05, 0) is 28.7 Å². The molecule has 8 heteroatoms. The molecule has 1 aliphatic heterocycles. The molecule has 0 saturated carbocycles. The first-order chi connectivity index (χ1) is 15.0. The fraction of sp³-hybridized carbons (Fsp3) is 0.348. The number of nitrogens with one attached hydrogen (secondary N) is 1. The van der Waals surface area contributed by atoms with E-state index in [1.807, 2.05) is 48.5 Å². The van der Waals surface area contributed by atoms with Gasteiger partial charge in [0.1, 0.15) is 18.7 Å². The molecule has 31 heavy (non-hydrogen) atoms. The summed E-state index contributed by atoms with van der Waals surface area (Å²) in [4.78, 5) is 37.6. The number of aliphatic carboxylic acids is 1. The SMILES string of the molecule is COCC(NC(=O)OCC1c2ccccc2-c2ccccc21)C(=O)N1CCC1C(=O)O. The van der Waals surface area contributed by atoms with Crippen molar-refractivity contribution in [1.29, 1.82) is 0 Å². The Hall–Kier alpha value is -3.39. The highest BCUT2D eigenvalue weighted by Gasteiger charge is 2.41. The summed E-state index contributed by atoms with van der Waals surface area (Å²) >= 11 is 0. The minimum absolute atomic E-state index is 0.0775. The Kier molecular flexibility index (Phi) is 5.90. The molecule has 0 spiro atoms. The lowest BCUT2D eigenvalue weighted by Gasteiger charge is -2.39. The zero-order valence-corrected chi connectivity index (χ0v) is 17.1. The fourth-order valence-corrected chi connectivity index (χ4v) is 4.23. The van der Waals surface area contributed by atoms with E-state index in [9.17, 15) is 19.5 Å². The van der Waals surface area contributed by atoms with Gasteiger partial charge in [0.15, 0.2) is 0 Å². The van der Waals surface area contributed by atoms with Crippen LogP contribution in [-0.4, -0.2) is 66.9 Å². The molecule has 0 bridgehead atoms. The maximum absolute atomic E-state index is 12.7. The van der Waals surface area contributed by atoms with Crippen LogP contribution in [0.5, 0.6) is 0 Å². The number of benzene rings is 2. The van der Waals surface area contributed by atoms with Crippen molar-refractivity contribution in [2.24, 2.45) is 0 Å². The van der Waals surface area contributed by atoms with Gasteiger partial charge >= 0.3 is 12.1 Å². The molecule has 2 aliphatic rings. The summed E-state index contributed by atoms with van der Waals surface area (Å²) in [5, 5.41) is 11.7. The van der Waals surface area contributed by atoms with E-state index in [-0.39, 0.29) is 19.1 Å². The summed E-state index contributed by atoms with van der Waals surface area (Å²) in [7, 11) is 1.41. The van der Waals surface area contributed by atoms with Gasteiger partial charge in [-0.15, -0.1) is 0 Å². The first-order valence-electron chi connectivity index (χ1n) is 10.1. The summed E-state index contributed by atoms with van der Waals surface area (Å²) < 4.78 is 10.5. The first-order valence-corrected chi connectivity index (χ1v) is 10.1. The van der Waals surface area contributed by atoms with Crippen LogP contribution >= 0.6 is 0 Å². The van der Waals surface area contributed by atoms with E-state index in [1.165, 1.54) is 12.0 Å². The lowest BCUT2D eigenvalue weighted by molar-refractivity contribution is -0.158. The predicted molar refractivity (Wildman–Crippen MR) is 112 cm³/mol. The Bertz CT molecular complexity index is 962. The van der Waals surface area contributed by atoms with Crippen molar-refractivity contribution in [2.45, 2.75) is 24.4 Å². The minimum atomic E-state index is -1.06. The Morgan fingerprint density at radius 2 is 1.71 bits per heavy atom. The second kappa shape index (κ2) is 8.77. The maximum Gasteiger partial charge on any atom is 0.407 e. The Labute approximate surface area is 179 Å². The number of hydrogen-bond donors (Lipinski definition) is 2. The highest BCUT2D eigenvalue weighted by Crippen LogP contribution is 2.44. The molecule has 1 fully saturated rings. The van der Waals surface area contributed by atoms with E-state index in [2.05, 4.69) is 5.32 Å². The van der Waals surface area contributed by atoms with E-state index in [4.69, 9.17) is 9.47 Å². The lowest BCUT2D eigenvalue weighted by atomic mass is 9.98. The van der Waals surface area contributed by atoms with Gasteiger partial charge in [0.25, 0.3) is 0 Å². The van der Waals surface area contributed by atoms with E-state index in [1.54, 1.807) is 0 Å². The maximum atomic E-state index is 12.7. The summed E-state index contributed by atoms with van der Waals surface area (Å²) in [5.41, 5.74) is 4.42. The van der Waals surface area contributed by atoms with Crippen LogP contribution in [0.25, 0.3) is 11.1 Å². The van der Waals surface area contributed by atoms with Crippen LogP contribution in [-0.2, 0) is 19.1 Å². The fourth-order valence-electron chi connectivity index (χ4n) is 4.23. The zero-order chi connectivity index (χ0) is 22.0. The third kappa shape index (κ3) is 3.98. The highest BCUT2D eigenvalue weighted by atomic mass is 16.5. The number of fused-ring (bicyclic) bond motifs is 3. The number of ether oxygens (including phenoxy) is 2. The average molecular weight is 424 g/mol. The number of likely N-dealkylation sites (tertiary alicyclic amines) is 1. The van der Waals surface area contributed by atoms with Crippen LogP contribution < -0.4 is 5.32 Å². The summed E-state index contributed by atoms with van der Waals surface area (Å²) in [6.07, 6.45) is -0.351. The van der Waals surface area contributed by atoms with Crippen LogP contribution in [0.1, 0.15) is 23.5 Å². The molecular weight excluding hydrogens is 400 g/mol. The highest BCUT2D eigenvalue weighted by molar-refractivity contribution is 5.90. The van der Waals surface area contributed by atoms with Gasteiger partial charge in [-0.3, -0.25) is 4.79 Å². The molecule has 4 rings (SSSR count). The Morgan fingerprint density at radius 1 is 1.10 bits per heavy atom. The quantitative estimate of drug-likeness (QED) is 0.706. The predicted octanol–water partition coefficient (Wildman–Crippen LogP) is 2.23. The molecule has 2 N–H and O–H groups in total. The van der Waals surface area contributed by atoms with Gasteiger partial charge in [-0.25, -0.2) is 9.59 Å². The number of carboxylic acid groups (broad SMARTS) is 1. The van der Waals surface area contributed by atoms with Gasteiger partial charge in [0.2, 0.25) is 5.91 Å². The first kappa shape index (κ1) is 20.9. The van der Waals surface area contributed by atoms with Crippen LogP contribution in [0.3, 0.4) is 0 Å². The zero-order valence-electron chi connectivity index (χ0n) is 17.1. The van der Waals surface area contributed by atoms with Crippen LogP contribution in [0.4, 0.5) is 4.79 Å². The van der Waals surface area contributed by atoms with Crippen LogP contribution in [0.15, 0.2) is 48.5 Å². The topological polar surface area (TPSA) is 105 Å². The van der Waals surface area contributed by atoms with Gasteiger partial charge in [-0.2, -0.15) is 0 Å². The van der Waals surface area contributed by atoms with Crippen molar-refractivity contribution in [1.82, 2.24) is 10.2 Å². The van der Waals surface area contributed by atoms with Crippen molar-refractivity contribution in [3.63, 3.8) is 0 Å². The number of hydrogen-bond acceptors (Lipinski definition) is 5. The third-order valence-electron chi connectivity index (χ3n) is 5.85. The number of nitrogens with zero attached hydrogens (tertiary/aromatic N) is 1. The number of carboxylic acids is 1. The van der Waals surface area contributed by atoms with E-state index < -0.39 is 30.1 Å². The van der Waals surface area contributed by atoms with Crippen molar-refractivity contribution >= 4 is 18.0 Å². The largest absolute Gasteiger partial charge is 0.480 e. The molecule has 2 aromatic rings. The summed E-state index contributed by atoms with van der Waals surface area (Å²) in [5.74, 6) is -1.65. The van der Waals surface area contributed by atoms with Gasteiger partial charge in [0, 0.05) is 19.6 Å². The lowest BCUT2D eigenvalue weighted by Crippen LogP contribution is -2.61. The molecule has 2 atom stereocenters. The minimum Gasteiger partial charge on any atom is -0.480 e. The number of amides is 2. The van der Waals surface area contributed by atoms with E-state index in [0.717, 1.165) is 22.3 Å². The molecule has 0 aromatic heterocycles. The van der Waals surface area contributed by atoms with Crippen molar-refractivity contribution in [3.05, 3.63) is 59.7 Å². The van der Waals surface area contributed by atoms with Crippen LogP contribution in [0.2, 0.25) is 0 Å². The van der Waals surface area contributed by atoms with E-state index >= 15 is 0 Å². The summed E-state index contributed by atoms with van der Waals surface area (Å²) in [6.45, 7) is 0.378. The monoisotopic (exact) mass is 424 g/mol. The number of methoxy groups -OCH3 is 1. The molecule has 162 valence electrons. The second-order valence-electron chi connectivity index (χ2n) is 7.65. The molecular formula is C23H24N2O6. The third-order valence-corrected chi connectivity index (χ3v) is 5.85. The standard InChI is InChI=1S/C23H24N2O6/c1-30-13-19(21(26)25-11-10-20(25)22(27)28)24-23(29)31-12-18-16-8-4-2-6-14(16)15-7-3-5-9-17(15)18/h2-9,18-20H,10-13H2,1H3,(H,24,29)(H,27,28). The number of carbonyl (C=O) groups excluding carboxylic acids is 2. The number of alkyl carbamates (subject to hydrolysis) is 1. The molecule has 1 aliphatic carbocycles. The molecule has 0 radical (unpaired) electrons.